The van der Waals surface area contributed by atoms with Gasteiger partial charge < -0.3 is 16.0 Å². The number of carbonyl (C=O) groups is 1. The molecule has 156 valence electrons. The van der Waals surface area contributed by atoms with Gasteiger partial charge in [0.15, 0.2) is 0 Å². The van der Waals surface area contributed by atoms with Crippen LogP contribution in [-0.4, -0.2) is 23.1 Å². The van der Waals surface area contributed by atoms with Gasteiger partial charge in [0.05, 0.1) is 5.52 Å². The Morgan fingerprint density at radius 3 is 2.37 bits per heavy atom. The maximum atomic E-state index is 13.2. The van der Waals surface area contributed by atoms with Crippen LogP contribution in [0.3, 0.4) is 0 Å². The highest BCUT2D eigenvalue weighted by Gasteiger charge is 2.23. The molecule has 5 nitrogen and oxygen atoms in total. The summed E-state index contributed by atoms with van der Waals surface area (Å²) in [7, 11) is 0. The lowest BCUT2D eigenvalue weighted by Gasteiger charge is -2.30. The van der Waals surface area contributed by atoms with Crippen molar-refractivity contribution in [2.75, 3.05) is 10.6 Å². The van der Waals surface area contributed by atoms with Gasteiger partial charge in [-0.1, -0.05) is 18.2 Å². The zero-order valence-electron chi connectivity index (χ0n) is 16.7. The minimum atomic E-state index is -0.727. The summed E-state index contributed by atoms with van der Waals surface area (Å²) in [6.07, 6.45) is 3.42. The summed E-state index contributed by atoms with van der Waals surface area (Å²) in [4.78, 5) is 16.9. The predicted octanol–water partition coefficient (Wildman–Crippen LogP) is 5.37. The summed E-state index contributed by atoms with van der Waals surface area (Å²) in [5, 5.41) is 10.0. The molecule has 0 bridgehead atoms. The summed E-state index contributed by atoms with van der Waals surface area (Å²) in [6.45, 7) is 2.08. The van der Waals surface area contributed by atoms with E-state index in [1.165, 1.54) is 5.56 Å². The van der Waals surface area contributed by atoms with E-state index >= 15 is 0 Å². The molecule has 0 spiro atoms. The second kappa shape index (κ2) is 8.65. The van der Waals surface area contributed by atoms with E-state index in [1.807, 2.05) is 18.2 Å². The maximum absolute atomic E-state index is 13.2. The molecule has 1 fully saturated rings. The molecule has 1 aliphatic carbocycles. The molecule has 30 heavy (non-hydrogen) atoms. The Balaban J connectivity index is 1.29. The number of hydrogen-bond donors (Lipinski definition) is 3. The Morgan fingerprint density at radius 2 is 1.63 bits per heavy atom. The smallest absolute Gasteiger partial charge is 0.319 e. The van der Waals surface area contributed by atoms with E-state index in [0.29, 0.717) is 0 Å². The van der Waals surface area contributed by atoms with Gasteiger partial charge in [0, 0.05) is 29.2 Å². The highest BCUT2D eigenvalue weighted by molar-refractivity contribution is 5.89. The van der Waals surface area contributed by atoms with Crippen LogP contribution in [0.4, 0.5) is 25.1 Å². The third-order valence-electron chi connectivity index (χ3n) is 5.46. The van der Waals surface area contributed by atoms with Crippen LogP contribution in [0.5, 0.6) is 0 Å². The second-order valence-electron chi connectivity index (χ2n) is 7.79. The number of nitrogens with zero attached hydrogens (tertiary/aromatic N) is 1. The number of pyridine rings is 1. The largest absolute Gasteiger partial charge is 0.367 e. The van der Waals surface area contributed by atoms with Crippen molar-refractivity contribution in [3.05, 3.63) is 65.7 Å². The van der Waals surface area contributed by atoms with Gasteiger partial charge in [-0.05, 0) is 62.4 Å². The van der Waals surface area contributed by atoms with E-state index in [0.717, 1.165) is 60.6 Å². The molecule has 0 saturated heterocycles. The van der Waals surface area contributed by atoms with Crippen molar-refractivity contribution in [2.45, 2.75) is 44.7 Å². The number of halogens is 2. The second-order valence-corrected chi connectivity index (χ2v) is 7.79. The van der Waals surface area contributed by atoms with Crippen molar-refractivity contribution in [2.24, 2.45) is 0 Å². The van der Waals surface area contributed by atoms with Crippen LogP contribution < -0.4 is 16.0 Å². The molecule has 3 aromatic rings. The van der Waals surface area contributed by atoms with E-state index in [9.17, 15) is 13.6 Å². The third kappa shape index (κ3) is 4.84. The number of hydrogen-bond acceptors (Lipinski definition) is 3. The van der Waals surface area contributed by atoms with Crippen molar-refractivity contribution in [3.8, 4) is 0 Å². The van der Waals surface area contributed by atoms with Crippen LogP contribution in [0.1, 0.15) is 31.2 Å². The molecule has 0 atom stereocenters. The third-order valence-corrected chi connectivity index (χ3v) is 5.46. The number of rotatable bonds is 4. The van der Waals surface area contributed by atoms with Crippen LogP contribution in [0, 0.1) is 18.6 Å². The molecule has 7 heteroatoms. The fourth-order valence-corrected chi connectivity index (χ4v) is 3.99. The van der Waals surface area contributed by atoms with Crippen LogP contribution >= 0.6 is 0 Å². The zero-order chi connectivity index (χ0) is 21.1. The molecule has 0 radical (unpaired) electrons. The van der Waals surface area contributed by atoms with Gasteiger partial charge in [0.2, 0.25) is 0 Å². The van der Waals surface area contributed by atoms with Crippen molar-refractivity contribution in [1.82, 2.24) is 10.3 Å². The Bertz CT molecular complexity index is 1040. The average molecular weight is 410 g/mol. The van der Waals surface area contributed by atoms with E-state index in [2.05, 4.69) is 35.0 Å². The van der Waals surface area contributed by atoms with Gasteiger partial charge in [-0.25, -0.2) is 18.6 Å². The number of carbonyl (C=O) groups excluding carboxylic acids is 1. The van der Waals surface area contributed by atoms with Crippen LogP contribution in [0.25, 0.3) is 10.9 Å². The van der Waals surface area contributed by atoms with E-state index in [-0.39, 0.29) is 17.8 Å². The quantitative estimate of drug-likeness (QED) is 0.542. The summed E-state index contributed by atoms with van der Waals surface area (Å²) < 4.78 is 26.5. The normalized spacial score (nSPS) is 18.8. The molecule has 4 rings (SSSR count). The van der Waals surface area contributed by atoms with E-state index < -0.39 is 17.7 Å². The minimum absolute atomic E-state index is 0.0211. The molecule has 0 aliphatic heterocycles. The van der Waals surface area contributed by atoms with Crippen molar-refractivity contribution in [3.63, 3.8) is 0 Å². The van der Waals surface area contributed by atoms with Gasteiger partial charge in [-0.2, -0.15) is 0 Å². The molecule has 0 unspecified atom stereocenters. The van der Waals surface area contributed by atoms with Crippen LogP contribution in [-0.2, 0) is 0 Å². The van der Waals surface area contributed by atoms with Crippen molar-refractivity contribution >= 4 is 28.4 Å². The van der Waals surface area contributed by atoms with Gasteiger partial charge in [-0.3, -0.25) is 0 Å². The van der Waals surface area contributed by atoms with Gasteiger partial charge in [0.1, 0.15) is 17.5 Å². The molecule has 2 amide bonds. The van der Waals surface area contributed by atoms with Gasteiger partial charge in [-0.15, -0.1) is 0 Å². The molecule has 1 heterocycles. The molecule has 3 N–H and O–H groups in total. The zero-order valence-corrected chi connectivity index (χ0v) is 16.7. The first-order valence-electron chi connectivity index (χ1n) is 10.1. The Kier molecular flexibility index (Phi) is 5.79. The maximum Gasteiger partial charge on any atom is 0.319 e. The van der Waals surface area contributed by atoms with Crippen molar-refractivity contribution in [1.29, 1.82) is 0 Å². The molecular formula is C23H24F2N4O. The molecule has 1 aromatic heterocycles. The highest BCUT2D eigenvalue weighted by atomic mass is 19.1. The van der Waals surface area contributed by atoms with Gasteiger partial charge in [0.25, 0.3) is 0 Å². The number of aryl methyl sites for hydroxylation is 1. The number of aromatic nitrogens is 1. The summed E-state index contributed by atoms with van der Waals surface area (Å²) in [6, 6.07) is 12.9. The Hall–Kier alpha value is -3.22. The topological polar surface area (TPSA) is 66.0 Å². The number of urea groups is 1. The first-order valence-corrected chi connectivity index (χ1v) is 10.1. The fourth-order valence-electron chi connectivity index (χ4n) is 3.99. The first kappa shape index (κ1) is 20.1. The van der Waals surface area contributed by atoms with Crippen LogP contribution in [0.2, 0.25) is 0 Å². The monoisotopic (exact) mass is 410 g/mol. The molecule has 2 aromatic carbocycles. The average Bonchev–Trinajstić information content (AvgIpc) is 2.69. The first-order chi connectivity index (χ1) is 14.5. The summed E-state index contributed by atoms with van der Waals surface area (Å²) in [5.41, 5.74) is 2.25. The lowest BCUT2D eigenvalue weighted by Crippen LogP contribution is -2.42. The predicted molar refractivity (Wildman–Crippen MR) is 115 cm³/mol. The summed E-state index contributed by atoms with van der Waals surface area (Å²) in [5.74, 6) is -0.586. The Labute approximate surface area is 173 Å². The lowest BCUT2D eigenvalue weighted by molar-refractivity contribution is 0.243. The SMILES string of the molecule is Cc1cc(NC2CCC(NC(=O)Nc3cc(F)cc(F)c3)CC2)nc2ccccc12. The lowest BCUT2D eigenvalue weighted by atomic mass is 9.91. The van der Waals surface area contributed by atoms with Crippen molar-refractivity contribution < 1.29 is 13.6 Å². The number of para-hydroxylation sites is 1. The molecule has 1 aliphatic rings. The highest BCUT2D eigenvalue weighted by Crippen LogP contribution is 2.25. The fraction of sp³-hybridized carbons (Fsp3) is 0.304. The number of anilines is 2. The number of fused-ring (bicyclic) bond motifs is 1. The number of amides is 2. The minimum Gasteiger partial charge on any atom is -0.367 e. The standard InChI is InChI=1S/C23H24F2N4O/c1-14-10-22(29-21-5-3-2-4-20(14)21)26-17-6-8-18(9-7-17)27-23(30)28-19-12-15(24)11-16(25)13-19/h2-5,10-13,17-18H,6-9H2,1H3,(H,26,29)(H2,27,28,30). The molecular weight excluding hydrogens is 386 g/mol. The summed E-state index contributed by atoms with van der Waals surface area (Å²) >= 11 is 0. The van der Waals surface area contributed by atoms with Crippen LogP contribution in [0.15, 0.2) is 48.5 Å². The number of nitrogens with one attached hydrogen (secondary N) is 3. The van der Waals surface area contributed by atoms with E-state index in [4.69, 9.17) is 4.98 Å². The Morgan fingerprint density at radius 1 is 0.967 bits per heavy atom. The molecule has 1 saturated carbocycles. The van der Waals surface area contributed by atoms with Gasteiger partial charge >= 0.3 is 6.03 Å². The number of benzene rings is 2. The van der Waals surface area contributed by atoms with E-state index in [1.54, 1.807) is 0 Å².